The van der Waals surface area contributed by atoms with E-state index in [0.717, 1.165) is 34.0 Å². The van der Waals surface area contributed by atoms with Gasteiger partial charge in [0.25, 0.3) is 5.91 Å². The number of anilines is 1. The summed E-state index contributed by atoms with van der Waals surface area (Å²) < 4.78 is 5.92. The van der Waals surface area contributed by atoms with Crippen molar-refractivity contribution in [2.24, 2.45) is 0 Å². The Bertz CT molecular complexity index is 1140. The molecule has 1 unspecified atom stereocenters. The Balaban J connectivity index is 1.28. The third-order valence-electron chi connectivity index (χ3n) is 6.55. The maximum atomic E-state index is 13.3. The van der Waals surface area contributed by atoms with Crippen molar-refractivity contribution in [3.8, 4) is 0 Å². The predicted molar refractivity (Wildman–Crippen MR) is 114 cm³/mol. The predicted octanol–water partition coefficient (Wildman–Crippen LogP) is 3.52. The number of fused-ring (bicyclic) bond motifs is 3. The smallest absolute Gasteiger partial charge is 0.253 e. The van der Waals surface area contributed by atoms with E-state index in [1.54, 1.807) is 0 Å². The number of nitrogens with one attached hydrogen (secondary N) is 1. The van der Waals surface area contributed by atoms with Gasteiger partial charge in [0.1, 0.15) is 0 Å². The average Bonchev–Trinajstić information content (AvgIpc) is 3.50. The molecule has 3 heterocycles. The molecule has 30 heavy (non-hydrogen) atoms. The van der Waals surface area contributed by atoms with Crippen LogP contribution in [0.2, 0.25) is 0 Å². The van der Waals surface area contributed by atoms with E-state index in [1.165, 1.54) is 12.8 Å². The summed E-state index contributed by atoms with van der Waals surface area (Å²) in [6, 6.07) is 14.6. The number of hydrogen-bond donors (Lipinski definition) is 1. The zero-order valence-electron chi connectivity index (χ0n) is 16.8. The Kier molecular flexibility index (Phi) is 4.03. The second kappa shape index (κ2) is 6.77. The van der Waals surface area contributed by atoms with Gasteiger partial charge in [0, 0.05) is 36.5 Å². The van der Waals surface area contributed by atoms with Crippen LogP contribution >= 0.6 is 0 Å². The SMILES string of the molecule is O=C(c1ccc2ccccc2c1)N1CCC2(COCc3cnc(NC4CC4)nc32)C1. The van der Waals surface area contributed by atoms with Crippen LogP contribution in [0.5, 0.6) is 0 Å². The van der Waals surface area contributed by atoms with Gasteiger partial charge >= 0.3 is 0 Å². The highest BCUT2D eigenvalue weighted by molar-refractivity contribution is 5.98. The van der Waals surface area contributed by atoms with Gasteiger partial charge in [-0.15, -0.1) is 0 Å². The standard InChI is InChI=1S/C24H24N4O2/c29-22(18-6-5-16-3-1-2-4-17(16)11-18)28-10-9-24(14-28)15-30-13-19-12-25-23(27-21(19)24)26-20-7-8-20/h1-6,11-12,20H,7-10,13-15H2,(H,25,26,27). The molecule has 1 spiro atoms. The summed E-state index contributed by atoms with van der Waals surface area (Å²) in [7, 11) is 0. The Hall–Kier alpha value is -2.99. The summed E-state index contributed by atoms with van der Waals surface area (Å²) in [5.41, 5.74) is 2.59. The molecular formula is C24H24N4O2. The van der Waals surface area contributed by atoms with E-state index in [1.807, 2.05) is 47.5 Å². The Morgan fingerprint density at radius 2 is 2.03 bits per heavy atom. The first kappa shape index (κ1) is 17.8. The molecule has 1 atom stereocenters. The van der Waals surface area contributed by atoms with E-state index in [-0.39, 0.29) is 11.3 Å². The molecular weight excluding hydrogens is 376 g/mol. The number of benzene rings is 2. The normalized spacial score (nSPS) is 23.0. The van der Waals surface area contributed by atoms with Crippen LogP contribution in [-0.2, 0) is 16.8 Å². The summed E-state index contributed by atoms with van der Waals surface area (Å²) in [5, 5.41) is 5.64. The number of aromatic nitrogens is 2. The molecule has 3 aliphatic rings. The lowest BCUT2D eigenvalue weighted by atomic mass is 9.80. The van der Waals surface area contributed by atoms with Crippen LogP contribution < -0.4 is 5.32 Å². The first-order chi connectivity index (χ1) is 14.7. The van der Waals surface area contributed by atoms with Gasteiger partial charge in [-0.1, -0.05) is 30.3 Å². The molecule has 0 radical (unpaired) electrons. The van der Waals surface area contributed by atoms with Crippen LogP contribution in [0, 0.1) is 0 Å². The minimum absolute atomic E-state index is 0.0788. The van der Waals surface area contributed by atoms with E-state index in [9.17, 15) is 4.79 Å². The van der Waals surface area contributed by atoms with E-state index >= 15 is 0 Å². The number of nitrogens with zero attached hydrogens (tertiary/aromatic N) is 3. The third kappa shape index (κ3) is 3.03. The average molecular weight is 400 g/mol. The van der Waals surface area contributed by atoms with Crippen molar-refractivity contribution in [1.82, 2.24) is 14.9 Å². The molecule has 1 saturated heterocycles. The maximum absolute atomic E-state index is 13.3. The van der Waals surface area contributed by atoms with Crippen molar-refractivity contribution < 1.29 is 9.53 Å². The Morgan fingerprint density at radius 1 is 1.17 bits per heavy atom. The molecule has 0 bridgehead atoms. The van der Waals surface area contributed by atoms with Crippen molar-refractivity contribution in [1.29, 1.82) is 0 Å². The lowest BCUT2D eigenvalue weighted by Crippen LogP contribution is -2.41. The number of ether oxygens (including phenoxy) is 1. The summed E-state index contributed by atoms with van der Waals surface area (Å²) >= 11 is 0. The van der Waals surface area contributed by atoms with Gasteiger partial charge in [-0.3, -0.25) is 4.79 Å². The number of amides is 1. The van der Waals surface area contributed by atoms with Crippen LogP contribution in [0.15, 0.2) is 48.7 Å². The van der Waals surface area contributed by atoms with Gasteiger partial charge in [0.15, 0.2) is 0 Å². The van der Waals surface area contributed by atoms with Gasteiger partial charge < -0.3 is 15.0 Å². The lowest BCUT2D eigenvalue weighted by Gasteiger charge is -2.34. The molecule has 2 fully saturated rings. The second-order valence-corrected chi connectivity index (χ2v) is 8.80. The van der Waals surface area contributed by atoms with Gasteiger partial charge in [-0.25, -0.2) is 9.97 Å². The molecule has 2 aromatic carbocycles. The van der Waals surface area contributed by atoms with Crippen LogP contribution in [0.4, 0.5) is 5.95 Å². The molecule has 6 heteroatoms. The zero-order chi connectivity index (χ0) is 20.1. The first-order valence-corrected chi connectivity index (χ1v) is 10.7. The van der Waals surface area contributed by atoms with Crippen LogP contribution in [0.1, 0.15) is 40.9 Å². The van der Waals surface area contributed by atoms with Gasteiger partial charge in [-0.05, 0) is 42.2 Å². The fourth-order valence-corrected chi connectivity index (χ4v) is 4.74. The molecule has 152 valence electrons. The van der Waals surface area contributed by atoms with E-state index in [0.29, 0.717) is 38.3 Å². The van der Waals surface area contributed by atoms with E-state index in [4.69, 9.17) is 9.72 Å². The fourth-order valence-electron chi connectivity index (χ4n) is 4.74. The Labute approximate surface area is 175 Å². The molecule has 6 nitrogen and oxygen atoms in total. The van der Waals surface area contributed by atoms with Crippen molar-refractivity contribution in [2.45, 2.75) is 37.3 Å². The zero-order valence-corrected chi connectivity index (χ0v) is 16.8. The fraction of sp³-hybridized carbons (Fsp3) is 0.375. The lowest BCUT2D eigenvalue weighted by molar-refractivity contribution is 0.0485. The van der Waals surface area contributed by atoms with E-state index < -0.39 is 0 Å². The highest BCUT2D eigenvalue weighted by Crippen LogP contribution is 2.40. The van der Waals surface area contributed by atoms with Crippen LogP contribution in [0.3, 0.4) is 0 Å². The van der Waals surface area contributed by atoms with Crippen molar-refractivity contribution in [3.63, 3.8) is 0 Å². The molecule has 1 amide bonds. The molecule has 1 aliphatic carbocycles. The summed E-state index contributed by atoms with van der Waals surface area (Å²) in [4.78, 5) is 24.6. The molecule has 1 saturated carbocycles. The summed E-state index contributed by atoms with van der Waals surface area (Å²) in [6.45, 7) is 2.48. The minimum atomic E-state index is -0.247. The van der Waals surface area contributed by atoms with Crippen molar-refractivity contribution in [3.05, 3.63) is 65.5 Å². The third-order valence-corrected chi connectivity index (χ3v) is 6.55. The van der Waals surface area contributed by atoms with Gasteiger partial charge in [-0.2, -0.15) is 0 Å². The molecule has 6 rings (SSSR count). The molecule has 1 aromatic heterocycles. The summed E-state index contributed by atoms with van der Waals surface area (Å²) in [5.74, 6) is 0.784. The minimum Gasteiger partial charge on any atom is -0.376 e. The van der Waals surface area contributed by atoms with E-state index in [2.05, 4.69) is 16.4 Å². The van der Waals surface area contributed by atoms with Crippen molar-refractivity contribution in [2.75, 3.05) is 25.0 Å². The maximum Gasteiger partial charge on any atom is 0.253 e. The quantitative estimate of drug-likeness (QED) is 0.729. The summed E-state index contributed by atoms with van der Waals surface area (Å²) in [6.07, 6.45) is 5.12. The van der Waals surface area contributed by atoms with Gasteiger partial charge in [0.2, 0.25) is 5.95 Å². The monoisotopic (exact) mass is 400 g/mol. The number of likely N-dealkylation sites (tertiary alicyclic amines) is 1. The van der Waals surface area contributed by atoms with Crippen molar-refractivity contribution >= 4 is 22.6 Å². The molecule has 1 N–H and O–H groups in total. The topological polar surface area (TPSA) is 67.4 Å². The van der Waals surface area contributed by atoms with Crippen LogP contribution in [-0.4, -0.2) is 46.5 Å². The molecule has 3 aromatic rings. The molecule has 2 aliphatic heterocycles. The van der Waals surface area contributed by atoms with Crippen LogP contribution in [0.25, 0.3) is 10.8 Å². The number of hydrogen-bond acceptors (Lipinski definition) is 5. The van der Waals surface area contributed by atoms with Gasteiger partial charge in [0.05, 0.1) is 24.3 Å². The number of rotatable bonds is 3. The second-order valence-electron chi connectivity index (χ2n) is 8.80. The highest BCUT2D eigenvalue weighted by Gasteiger charge is 2.46. The Morgan fingerprint density at radius 3 is 2.90 bits per heavy atom. The highest BCUT2D eigenvalue weighted by atomic mass is 16.5. The number of carbonyl (C=O) groups is 1. The number of carbonyl (C=O) groups excluding carboxylic acids is 1. The first-order valence-electron chi connectivity index (χ1n) is 10.7. The largest absolute Gasteiger partial charge is 0.376 e.